The van der Waals surface area contributed by atoms with Crippen molar-refractivity contribution in [3.05, 3.63) is 41.9 Å². The number of carbonyl (C=O) groups is 1. The third-order valence-electron chi connectivity index (χ3n) is 2.21. The Morgan fingerprint density at radius 2 is 2.12 bits per heavy atom. The van der Waals surface area contributed by atoms with Gasteiger partial charge < -0.3 is 15.5 Å². The smallest absolute Gasteiger partial charge is 0.309 e. The van der Waals surface area contributed by atoms with E-state index in [9.17, 15) is 4.79 Å². The molecule has 1 aromatic heterocycles. The molecule has 0 amide bonds. The number of esters is 1. The number of nitrogen functional groups attached to an aromatic ring is 1. The van der Waals surface area contributed by atoms with Crippen LogP contribution in [0.25, 0.3) is 0 Å². The number of carbonyl (C=O) groups excluding carboxylic acids is 1. The third kappa shape index (κ3) is 3.07. The number of anilines is 1. The fourth-order valence-electron chi connectivity index (χ4n) is 1.46. The second-order valence-corrected chi connectivity index (χ2v) is 3.70. The van der Waals surface area contributed by atoms with Crippen LogP contribution in [0.4, 0.5) is 5.69 Å². The summed E-state index contributed by atoms with van der Waals surface area (Å²) in [6.07, 6.45) is 2.20. The molecule has 0 radical (unpaired) electrons. The molecule has 1 heterocycles. The number of imidazole rings is 1. The highest BCUT2D eigenvalue weighted by molar-refractivity contribution is 5.68. The fourth-order valence-corrected chi connectivity index (χ4v) is 1.46. The van der Waals surface area contributed by atoms with E-state index in [2.05, 4.69) is 9.97 Å². The number of nitrogens with two attached hydrogens (primary N) is 1. The van der Waals surface area contributed by atoms with Crippen LogP contribution in [0.2, 0.25) is 0 Å². The van der Waals surface area contributed by atoms with E-state index >= 15 is 0 Å². The van der Waals surface area contributed by atoms with Gasteiger partial charge >= 0.3 is 5.97 Å². The Bertz CT molecular complexity index is 517. The Hall–Kier alpha value is -2.30. The largest absolute Gasteiger partial charge is 0.406 e. The molecule has 17 heavy (non-hydrogen) atoms. The molecule has 5 nitrogen and oxygen atoms in total. The van der Waals surface area contributed by atoms with Crippen molar-refractivity contribution in [1.29, 1.82) is 0 Å². The van der Waals surface area contributed by atoms with Gasteiger partial charge in [0.25, 0.3) is 0 Å². The van der Waals surface area contributed by atoms with Crippen molar-refractivity contribution in [2.24, 2.45) is 0 Å². The number of H-pyrrole nitrogens is 1. The minimum atomic E-state index is -0.379. The van der Waals surface area contributed by atoms with Crippen LogP contribution in [-0.2, 0) is 11.2 Å². The van der Waals surface area contributed by atoms with E-state index in [0.717, 1.165) is 17.1 Å². The first-order valence-electron chi connectivity index (χ1n) is 5.20. The van der Waals surface area contributed by atoms with Gasteiger partial charge in [0.2, 0.25) is 5.88 Å². The minimum absolute atomic E-state index is 0.294. The van der Waals surface area contributed by atoms with Gasteiger partial charge in [0.1, 0.15) is 5.82 Å². The lowest BCUT2D eigenvalue weighted by molar-refractivity contribution is -0.132. The highest BCUT2D eigenvalue weighted by atomic mass is 16.5. The molecule has 0 spiro atoms. The van der Waals surface area contributed by atoms with Crippen LogP contribution in [0.1, 0.15) is 18.3 Å². The van der Waals surface area contributed by atoms with Gasteiger partial charge in [-0.05, 0) is 17.7 Å². The average molecular weight is 231 g/mol. The summed E-state index contributed by atoms with van der Waals surface area (Å²) in [6.45, 7) is 1.34. The predicted molar refractivity (Wildman–Crippen MR) is 63.6 cm³/mol. The van der Waals surface area contributed by atoms with Gasteiger partial charge in [-0.2, -0.15) is 4.98 Å². The summed E-state index contributed by atoms with van der Waals surface area (Å²) in [5.74, 6) is 0.657. The third-order valence-corrected chi connectivity index (χ3v) is 2.21. The van der Waals surface area contributed by atoms with Crippen molar-refractivity contribution >= 4 is 11.7 Å². The number of hydrogen-bond acceptors (Lipinski definition) is 4. The Balaban J connectivity index is 2.06. The first-order valence-corrected chi connectivity index (χ1v) is 5.20. The number of nitrogens with one attached hydrogen (secondary N) is 1. The number of ether oxygens (including phenoxy) is 1. The molecule has 0 bridgehead atoms. The molecule has 0 saturated heterocycles. The number of hydrogen-bond donors (Lipinski definition) is 2. The maximum atomic E-state index is 10.7. The van der Waals surface area contributed by atoms with Crippen LogP contribution >= 0.6 is 0 Å². The number of aromatic amines is 1. The highest BCUT2D eigenvalue weighted by Crippen LogP contribution is 2.12. The molecule has 0 aliphatic heterocycles. The summed E-state index contributed by atoms with van der Waals surface area (Å²) in [5.41, 5.74) is 7.41. The van der Waals surface area contributed by atoms with E-state index in [-0.39, 0.29) is 5.97 Å². The zero-order chi connectivity index (χ0) is 12.3. The van der Waals surface area contributed by atoms with Gasteiger partial charge in [-0.3, -0.25) is 4.79 Å². The van der Waals surface area contributed by atoms with Crippen molar-refractivity contribution in [3.8, 4) is 5.88 Å². The highest BCUT2D eigenvalue weighted by Gasteiger charge is 2.05. The van der Waals surface area contributed by atoms with Crippen molar-refractivity contribution in [1.82, 2.24) is 9.97 Å². The molecule has 3 N–H and O–H groups in total. The van der Waals surface area contributed by atoms with Crippen LogP contribution < -0.4 is 10.5 Å². The predicted octanol–water partition coefficient (Wildman–Crippen LogP) is 1.51. The molecule has 0 unspecified atom stereocenters. The quantitative estimate of drug-likeness (QED) is 0.619. The number of nitrogens with zero attached hydrogens (tertiary/aromatic N) is 1. The average Bonchev–Trinajstić information content (AvgIpc) is 2.68. The molecule has 0 fully saturated rings. The molecule has 5 heteroatoms. The molecule has 2 aromatic rings. The van der Waals surface area contributed by atoms with E-state index in [1.54, 1.807) is 6.20 Å². The van der Waals surface area contributed by atoms with Crippen LogP contribution in [0.3, 0.4) is 0 Å². The van der Waals surface area contributed by atoms with Gasteiger partial charge in [-0.1, -0.05) is 12.1 Å². The SMILES string of the molecule is CC(=O)Oc1c[nH]c(Cc2ccc(N)cc2)n1. The zero-order valence-corrected chi connectivity index (χ0v) is 9.43. The standard InChI is InChI=1S/C12H13N3O2/c1-8(16)17-12-7-14-11(15-12)6-9-2-4-10(13)5-3-9/h2-5,7H,6,13H2,1H3,(H,14,15). The lowest BCUT2D eigenvalue weighted by Crippen LogP contribution is -2.01. The van der Waals surface area contributed by atoms with E-state index in [0.29, 0.717) is 12.3 Å². The summed E-state index contributed by atoms with van der Waals surface area (Å²) in [6, 6.07) is 7.54. The summed E-state index contributed by atoms with van der Waals surface area (Å²) in [4.78, 5) is 17.8. The molecule has 88 valence electrons. The fraction of sp³-hybridized carbons (Fsp3) is 0.167. The normalized spacial score (nSPS) is 10.2. The second-order valence-electron chi connectivity index (χ2n) is 3.70. The summed E-state index contributed by atoms with van der Waals surface area (Å²) in [5, 5.41) is 0. The van der Waals surface area contributed by atoms with E-state index in [1.165, 1.54) is 6.92 Å². The Kier molecular flexibility index (Phi) is 3.09. The second kappa shape index (κ2) is 4.69. The van der Waals surface area contributed by atoms with E-state index in [4.69, 9.17) is 10.5 Å². The molecular formula is C12H13N3O2. The topological polar surface area (TPSA) is 81.0 Å². The minimum Gasteiger partial charge on any atom is -0.406 e. The van der Waals surface area contributed by atoms with E-state index in [1.807, 2.05) is 24.3 Å². The van der Waals surface area contributed by atoms with Crippen molar-refractivity contribution < 1.29 is 9.53 Å². The summed E-state index contributed by atoms with van der Waals surface area (Å²) >= 11 is 0. The van der Waals surface area contributed by atoms with Crippen molar-refractivity contribution in [2.45, 2.75) is 13.3 Å². The van der Waals surface area contributed by atoms with Gasteiger partial charge in [0, 0.05) is 19.0 Å². The first-order chi connectivity index (χ1) is 8.13. The molecular weight excluding hydrogens is 218 g/mol. The monoisotopic (exact) mass is 231 g/mol. The molecule has 1 aromatic carbocycles. The van der Waals surface area contributed by atoms with Crippen LogP contribution in [-0.4, -0.2) is 15.9 Å². The van der Waals surface area contributed by atoms with Gasteiger partial charge in [-0.15, -0.1) is 0 Å². The van der Waals surface area contributed by atoms with Crippen molar-refractivity contribution in [2.75, 3.05) is 5.73 Å². The number of aromatic nitrogens is 2. The van der Waals surface area contributed by atoms with Gasteiger partial charge in [0.05, 0.1) is 6.20 Å². The molecule has 0 saturated carbocycles. The number of benzene rings is 1. The molecule has 0 aliphatic carbocycles. The maximum Gasteiger partial charge on any atom is 0.309 e. The summed E-state index contributed by atoms with van der Waals surface area (Å²) < 4.78 is 4.85. The lowest BCUT2D eigenvalue weighted by atomic mass is 10.1. The maximum absolute atomic E-state index is 10.7. The zero-order valence-electron chi connectivity index (χ0n) is 9.43. The Morgan fingerprint density at radius 1 is 1.41 bits per heavy atom. The van der Waals surface area contributed by atoms with Crippen LogP contribution in [0.5, 0.6) is 5.88 Å². The van der Waals surface area contributed by atoms with Gasteiger partial charge in [0.15, 0.2) is 0 Å². The first kappa shape index (κ1) is 11.2. The number of rotatable bonds is 3. The molecule has 0 atom stereocenters. The van der Waals surface area contributed by atoms with Crippen molar-refractivity contribution in [3.63, 3.8) is 0 Å². The van der Waals surface area contributed by atoms with Gasteiger partial charge in [-0.25, -0.2) is 0 Å². The Labute approximate surface area is 98.6 Å². The summed E-state index contributed by atoms with van der Waals surface area (Å²) in [7, 11) is 0. The molecule has 0 aliphatic rings. The molecule has 2 rings (SSSR count). The van der Waals surface area contributed by atoms with E-state index < -0.39 is 0 Å². The lowest BCUT2D eigenvalue weighted by Gasteiger charge is -1.98. The Morgan fingerprint density at radius 3 is 2.76 bits per heavy atom. The van der Waals surface area contributed by atoms with Crippen LogP contribution in [0, 0.1) is 0 Å². The van der Waals surface area contributed by atoms with Crippen LogP contribution in [0.15, 0.2) is 30.5 Å².